The summed E-state index contributed by atoms with van der Waals surface area (Å²) in [5.41, 5.74) is 20.1. The van der Waals surface area contributed by atoms with Gasteiger partial charge in [-0.15, -0.1) is 24.8 Å². The summed E-state index contributed by atoms with van der Waals surface area (Å²) < 4.78 is 6.16. The molecule has 190 valence electrons. The number of benzene rings is 2. The van der Waals surface area contributed by atoms with Gasteiger partial charge >= 0.3 is 0 Å². The molecule has 1 heterocycles. The van der Waals surface area contributed by atoms with E-state index in [4.69, 9.17) is 21.2 Å². The molecule has 0 atom stereocenters. The third kappa shape index (κ3) is 8.24. The Labute approximate surface area is 221 Å². The van der Waals surface area contributed by atoms with E-state index in [0.717, 1.165) is 51.4 Å². The molecule has 0 saturated heterocycles. The Hall–Kier alpha value is -2.60. The number of carbonyl (C=O) groups is 1. The van der Waals surface area contributed by atoms with E-state index >= 15 is 0 Å². The van der Waals surface area contributed by atoms with E-state index in [-0.39, 0.29) is 42.6 Å². The molecule has 0 radical (unpaired) electrons. The number of nitrogens with zero attached hydrogens (tertiary/aromatic N) is 1. The molecule has 35 heavy (non-hydrogen) atoms. The zero-order valence-electron chi connectivity index (χ0n) is 21.2. The molecule has 3 aromatic rings. The number of aryl methyl sites for hydroxylation is 2. The Morgan fingerprint density at radius 2 is 1.54 bits per heavy atom. The SMILES string of the molecule is Cc1ccc(-c2c(COc3ccc(CC(N)=O)cc3)c(C)nc(CC(C)(C)C)c2CN)cc1.Cl.Cl. The van der Waals surface area contributed by atoms with Crippen LogP contribution in [0, 0.1) is 19.3 Å². The summed E-state index contributed by atoms with van der Waals surface area (Å²) in [5.74, 6) is 0.378. The van der Waals surface area contributed by atoms with Crippen LogP contribution in [0.15, 0.2) is 48.5 Å². The largest absolute Gasteiger partial charge is 0.489 e. The van der Waals surface area contributed by atoms with Gasteiger partial charge in [0.1, 0.15) is 12.4 Å². The average Bonchev–Trinajstić information content (AvgIpc) is 2.73. The first-order valence-corrected chi connectivity index (χ1v) is 11.4. The molecular formula is C28H37Cl2N3O2. The molecule has 0 bridgehead atoms. The van der Waals surface area contributed by atoms with Crippen LogP contribution < -0.4 is 16.2 Å². The zero-order chi connectivity index (χ0) is 24.2. The van der Waals surface area contributed by atoms with Gasteiger partial charge in [-0.05, 0) is 60.1 Å². The smallest absolute Gasteiger partial charge is 0.221 e. The third-order valence-electron chi connectivity index (χ3n) is 5.62. The fraction of sp³-hybridized carbons (Fsp3) is 0.357. The molecule has 0 aliphatic rings. The van der Waals surface area contributed by atoms with Crippen molar-refractivity contribution in [3.8, 4) is 16.9 Å². The standard InChI is InChI=1S/C28H35N3O2.2ClH/c1-18-6-10-21(11-7-18)27-23(16-29)25(15-28(3,4)5)31-19(2)24(27)17-33-22-12-8-20(9-13-22)14-26(30)32;;/h6-13H,14-17,29H2,1-5H3,(H2,30,32);2*1H. The number of hydrogen-bond donors (Lipinski definition) is 2. The second-order valence-corrected chi connectivity index (χ2v) is 9.86. The minimum Gasteiger partial charge on any atom is -0.489 e. The molecule has 5 nitrogen and oxygen atoms in total. The van der Waals surface area contributed by atoms with Gasteiger partial charge in [0.25, 0.3) is 0 Å². The lowest BCUT2D eigenvalue weighted by atomic mass is 9.85. The van der Waals surface area contributed by atoms with Crippen LogP contribution in [0.5, 0.6) is 5.75 Å². The molecule has 0 fully saturated rings. The summed E-state index contributed by atoms with van der Waals surface area (Å²) in [6.07, 6.45) is 1.07. The van der Waals surface area contributed by atoms with Crippen molar-refractivity contribution in [1.29, 1.82) is 0 Å². The number of carbonyl (C=O) groups excluding carboxylic acids is 1. The Kier molecular flexibility index (Phi) is 11.2. The minimum absolute atomic E-state index is 0. The molecule has 2 aromatic carbocycles. The van der Waals surface area contributed by atoms with Crippen molar-refractivity contribution in [2.75, 3.05) is 0 Å². The minimum atomic E-state index is -0.349. The van der Waals surface area contributed by atoms with Crippen LogP contribution in [0.1, 0.15) is 54.4 Å². The van der Waals surface area contributed by atoms with Gasteiger partial charge in [0.15, 0.2) is 0 Å². The molecule has 0 aliphatic heterocycles. The Balaban J connectivity index is 0.00000306. The van der Waals surface area contributed by atoms with E-state index in [0.29, 0.717) is 13.2 Å². The summed E-state index contributed by atoms with van der Waals surface area (Å²) in [7, 11) is 0. The highest BCUT2D eigenvalue weighted by atomic mass is 35.5. The molecule has 0 unspecified atom stereocenters. The van der Waals surface area contributed by atoms with Crippen molar-refractivity contribution in [1.82, 2.24) is 4.98 Å². The van der Waals surface area contributed by atoms with E-state index in [1.807, 2.05) is 31.2 Å². The third-order valence-corrected chi connectivity index (χ3v) is 5.62. The molecule has 4 N–H and O–H groups in total. The van der Waals surface area contributed by atoms with E-state index in [1.165, 1.54) is 5.56 Å². The number of rotatable bonds is 8. The van der Waals surface area contributed by atoms with Gasteiger partial charge in [0.2, 0.25) is 5.91 Å². The predicted octanol–water partition coefficient (Wildman–Crippen LogP) is 5.86. The molecule has 0 aliphatic carbocycles. The molecule has 0 spiro atoms. The van der Waals surface area contributed by atoms with E-state index < -0.39 is 0 Å². The molecule has 1 aromatic heterocycles. The highest BCUT2D eigenvalue weighted by molar-refractivity contribution is 5.85. The van der Waals surface area contributed by atoms with Gasteiger partial charge in [-0.3, -0.25) is 9.78 Å². The monoisotopic (exact) mass is 517 g/mol. The van der Waals surface area contributed by atoms with Crippen LogP contribution in [0.4, 0.5) is 0 Å². The maximum Gasteiger partial charge on any atom is 0.221 e. The first-order valence-electron chi connectivity index (χ1n) is 11.4. The van der Waals surface area contributed by atoms with Gasteiger partial charge < -0.3 is 16.2 Å². The Morgan fingerprint density at radius 1 is 0.943 bits per heavy atom. The topological polar surface area (TPSA) is 91.2 Å². The number of aromatic nitrogens is 1. The number of halogens is 2. The van der Waals surface area contributed by atoms with Crippen molar-refractivity contribution in [2.45, 2.75) is 60.6 Å². The van der Waals surface area contributed by atoms with Gasteiger partial charge in [-0.1, -0.05) is 62.7 Å². The van der Waals surface area contributed by atoms with Crippen molar-refractivity contribution >= 4 is 30.7 Å². The van der Waals surface area contributed by atoms with Gasteiger partial charge in [0.05, 0.1) is 6.42 Å². The van der Waals surface area contributed by atoms with E-state index in [1.54, 1.807) is 0 Å². The van der Waals surface area contributed by atoms with E-state index in [9.17, 15) is 4.79 Å². The highest BCUT2D eigenvalue weighted by Crippen LogP contribution is 2.34. The van der Waals surface area contributed by atoms with Gasteiger partial charge in [-0.2, -0.15) is 0 Å². The Bertz CT molecular complexity index is 1120. The second-order valence-electron chi connectivity index (χ2n) is 9.86. The highest BCUT2D eigenvalue weighted by Gasteiger charge is 2.22. The van der Waals surface area contributed by atoms with Crippen molar-refractivity contribution in [3.05, 3.63) is 82.2 Å². The van der Waals surface area contributed by atoms with Crippen LogP contribution in [-0.4, -0.2) is 10.9 Å². The summed E-state index contributed by atoms with van der Waals surface area (Å²) in [5, 5.41) is 0. The molecule has 1 amide bonds. The van der Waals surface area contributed by atoms with Crippen molar-refractivity contribution in [2.24, 2.45) is 16.9 Å². The summed E-state index contributed by atoms with van der Waals surface area (Å²) in [6.45, 7) is 11.6. The van der Waals surface area contributed by atoms with Gasteiger partial charge in [0, 0.05) is 23.5 Å². The second kappa shape index (κ2) is 12.9. The number of amides is 1. The lowest BCUT2D eigenvalue weighted by Crippen LogP contribution is -2.18. The summed E-state index contributed by atoms with van der Waals surface area (Å²) >= 11 is 0. The summed E-state index contributed by atoms with van der Waals surface area (Å²) in [6, 6.07) is 16.0. The van der Waals surface area contributed by atoms with Crippen LogP contribution >= 0.6 is 24.8 Å². The fourth-order valence-corrected chi connectivity index (χ4v) is 4.02. The number of primary amides is 1. The van der Waals surface area contributed by atoms with Crippen LogP contribution in [0.25, 0.3) is 11.1 Å². The van der Waals surface area contributed by atoms with Crippen molar-refractivity contribution < 1.29 is 9.53 Å². The average molecular weight is 519 g/mol. The van der Waals surface area contributed by atoms with Crippen LogP contribution in [-0.2, 0) is 30.8 Å². The summed E-state index contributed by atoms with van der Waals surface area (Å²) in [4.78, 5) is 16.1. The molecular weight excluding hydrogens is 481 g/mol. The maximum absolute atomic E-state index is 11.1. The lowest BCUT2D eigenvalue weighted by Gasteiger charge is -2.24. The fourth-order valence-electron chi connectivity index (χ4n) is 4.02. The molecule has 0 saturated carbocycles. The lowest BCUT2D eigenvalue weighted by molar-refractivity contribution is -0.117. The zero-order valence-corrected chi connectivity index (χ0v) is 22.8. The number of nitrogens with two attached hydrogens (primary N) is 2. The quantitative estimate of drug-likeness (QED) is 0.391. The number of ether oxygens (including phenoxy) is 1. The van der Waals surface area contributed by atoms with Crippen LogP contribution in [0.3, 0.4) is 0 Å². The maximum atomic E-state index is 11.1. The normalized spacial score (nSPS) is 10.8. The number of hydrogen-bond acceptors (Lipinski definition) is 4. The number of pyridine rings is 1. The molecule has 3 rings (SSSR count). The van der Waals surface area contributed by atoms with Gasteiger partial charge in [-0.25, -0.2) is 0 Å². The first-order chi connectivity index (χ1) is 15.6. The van der Waals surface area contributed by atoms with Crippen LogP contribution in [0.2, 0.25) is 0 Å². The Morgan fingerprint density at radius 3 is 2.06 bits per heavy atom. The molecule has 7 heteroatoms. The first kappa shape index (κ1) is 30.4. The predicted molar refractivity (Wildman–Crippen MR) is 148 cm³/mol. The van der Waals surface area contributed by atoms with E-state index in [2.05, 4.69) is 52.0 Å². The van der Waals surface area contributed by atoms with Crippen molar-refractivity contribution in [3.63, 3.8) is 0 Å².